The number of hydrogen-bond donors (Lipinski definition) is 0. The number of hydrogen-bond acceptors (Lipinski definition) is 4. The minimum Gasteiger partial charge on any atom is -0.497 e. The minimum atomic E-state index is -0.257. The second-order valence-corrected chi connectivity index (χ2v) is 7.55. The third-order valence-electron chi connectivity index (χ3n) is 5.39. The molecule has 4 aromatic rings. The maximum atomic E-state index is 13.2. The van der Waals surface area contributed by atoms with Gasteiger partial charge in [-0.1, -0.05) is 24.3 Å². The van der Waals surface area contributed by atoms with Crippen molar-refractivity contribution in [2.75, 3.05) is 19.1 Å². The maximum Gasteiger partial charge on any atom is 0.278 e. The van der Waals surface area contributed by atoms with E-state index in [9.17, 15) is 9.59 Å². The topological polar surface area (TPSA) is 69.4 Å². The molecule has 0 radical (unpaired) electrons. The molecule has 7 heteroatoms. The van der Waals surface area contributed by atoms with E-state index in [1.165, 1.54) is 10.9 Å². The lowest BCUT2D eigenvalue weighted by Gasteiger charge is -2.18. The van der Waals surface area contributed by atoms with Crippen molar-refractivity contribution in [1.29, 1.82) is 0 Å². The van der Waals surface area contributed by atoms with E-state index >= 15 is 0 Å². The molecule has 0 saturated carbocycles. The SMILES string of the molecule is COc1cccc(-c2cn(C)c3c(=O)n(CC(=O)N(C)c4cccc(C)c4)cnc23)c1. The van der Waals surface area contributed by atoms with Crippen LogP contribution in [0.4, 0.5) is 5.69 Å². The number of aryl methyl sites for hydroxylation is 2. The highest BCUT2D eigenvalue weighted by Crippen LogP contribution is 2.29. The smallest absolute Gasteiger partial charge is 0.278 e. The van der Waals surface area contributed by atoms with Crippen molar-refractivity contribution in [3.05, 3.63) is 77.0 Å². The largest absolute Gasteiger partial charge is 0.497 e. The number of ether oxygens (including phenoxy) is 1. The summed E-state index contributed by atoms with van der Waals surface area (Å²) >= 11 is 0. The van der Waals surface area contributed by atoms with Crippen LogP contribution in [0.25, 0.3) is 22.2 Å². The lowest BCUT2D eigenvalue weighted by Crippen LogP contribution is -2.34. The van der Waals surface area contributed by atoms with Gasteiger partial charge in [-0.2, -0.15) is 0 Å². The van der Waals surface area contributed by atoms with Crippen LogP contribution in [-0.4, -0.2) is 34.2 Å². The number of benzene rings is 2. The Bertz CT molecular complexity index is 1340. The first-order chi connectivity index (χ1) is 14.9. The third kappa shape index (κ3) is 3.82. The van der Waals surface area contributed by atoms with Crippen LogP contribution in [-0.2, 0) is 18.4 Å². The van der Waals surface area contributed by atoms with Crippen LogP contribution >= 0.6 is 0 Å². The zero-order valence-electron chi connectivity index (χ0n) is 18.0. The van der Waals surface area contributed by atoms with Crippen molar-refractivity contribution in [3.63, 3.8) is 0 Å². The summed E-state index contributed by atoms with van der Waals surface area (Å²) in [5.41, 5.74) is 4.38. The number of anilines is 1. The van der Waals surface area contributed by atoms with Crippen molar-refractivity contribution in [1.82, 2.24) is 14.1 Å². The van der Waals surface area contributed by atoms with Gasteiger partial charge in [0.15, 0.2) is 0 Å². The van der Waals surface area contributed by atoms with E-state index in [0.717, 1.165) is 28.1 Å². The molecule has 4 rings (SSSR count). The summed E-state index contributed by atoms with van der Waals surface area (Å²) in [4.78, 5) is 32.1. The first-order valence-electron chi connectivity index (χ1n) is 9.91. The Morgan fingerprint density at radius 3 is 2.68 bits per heavy atom. The first kappa shape index (κ1) is 20.4. The number of likely N-dealkylation sites (N-methyl/N-ethyl adjacent to an activating group) is 1. The van der Waals surface area contributed by atoms with Gasteiger partial charge in [-0.3, -0.25) is 14.2 Å². The monoisotopic (exact) mass is 416 g/mol. The fourth-order valence-corrected chi connectivity index (χ4v) is 3.66. The highest BCUT2D eigenvalue weighted by Gasteiger charge is 2.18. The predicted octanol–water partition coefficient (Wildman–Crippen LogP) is 3.38. The third-order valence-corrected chi connectivity index (χ3v) is 5.39. The summed E-state index contributed by atoms with van der Waals surface area (Å²) in [6.07, 6.45) is 3.31. The van der Waals surface area contributed by atoms with Gasteiger partial charge in [0.1, 0.15) is 23.3 Å². The molecule has 2 aromatic carbocycles. The van der Waals surface area contributed by atoms with Crippen LogP contribution in [0.1, 0.15) is 5.56 Å². The second kappa shape index (κ2) is 8.10. The molecule has 2 heterocycles. The molecule has 0 bridgehead atoms. The lowest BCUT2D eigenvalue weighted by atomic mass is 10.1. The summed E-state index contributed by atoms with van der Waals surface area (Å²) in [7, 11) is 5.13. The molecule has 0 aliphatic rings. The van der Waals surface area contributed by atoms with Gasteiger partial charge in [0.05, 0.1) is 13.4 Å². The fraction of sp³-hybridized carbons (Fsp3) is 0.208. The summed E-state index contributed by atoms with van der Waals surface area (Å²) in [5.74, 6) is 0.531. The molecule has 2 aromatic heterocycles. The quantitative estimate of drug-likeness (QED) is 0.500. The van der Waals surface area contributed by atoms with Crippen LogP contribution in [0.2, 0.25) is 0 Å². The van der Waals surface area contributed by atoms with Crippen LogP contribution in [0.5, 0.6) is 5.75 Å². The molecule has 0 N–H and O–H groups in total. The van der Waals surface area contributed by atoms with E-state index in [4.69, 9.17) is 4.74 Å². The van der Waals surface area contributed by atoms with E-state index in [1.807, 2.05) is 61.7 Å². The number of carbonyl (C=O) groups excluding carboxylic acids is 1. The molecule has 0 unspecified atom stereocenters. The normalized spacial score (nSPS) is 11.0. The number of methoxy groups -OCH3 is 1. The average molecular weight is 416 g/mol. The molecular formula is C24H24N4O3. The van der Waals surface area contributed by atoms with Gasteiger partial charge < -0.3 is 14.2 Å². The Labute approximate surface area is 180 Å². The number of rotatable bonds is 5. The first-order valence-corrected chi connectivity index (χ1v) is 9.91. The Balaban J connectivity index is 1.69. The van der Waals surface area contributed by atoms with Crippen LogP contribution < -0.4 is 15.2 Å². The van der Waals surface area contributed by atoms with Gasteiger partial charge in [0.25, 0.3) is 5.56 Å². The lowest BCUT2D eigenvalue weighted by molar-refractivity contribution is -0.118. The number of nitrogens with zero attached hydrogens (tertiary/aromatic N) is 4. The molecule has 1 amide bonds. The zero-order chi connectivity index (χ0) is 22.1. The van der Waals surface area contributed by atoms with E-state index in [-0.39, 0.29) is 18.0 Å². The van der Waals surface area contributed by atoms with E-state index in [0.29, 0.717) is 11.0 Å². The molecule has 31 heavy (non-hydrogen) atoms. The number of aromatic nitrogens is 3. The van der Waals surface area contributed by atoms with Gasteiger partial charge in [0.2, 0.25) is 5.91 Å². The predicted molar refractivity (Wildman–Crippen MR) is 122 cm³/mol. The highest BCUT2D eigenvalue weighted by atomic mass is 16.5. The summed E-state index contributed by atoms with van der Waals surface area (Å²) in [5, 5.41) is 0. The molecule has 0 saturated heterocycles. The fourth-order valence-electron chi connectivity index (χ4n) is 3.66. The standard InChI is InChI=1S/C24H24N4O3/c1-16-7-5-9-18(11-16)27(3)21(29)14-28-15-25-22-20(13-26(2)23(22)24(28)30)17-8-6-10-19(12-17)31-4/h5-13,15H,14H2,1-4H3. The Kier molecular flexibility index (Phi) is 5.33. The maximum absolute atomic E-state index is 13.2. The summed E-state index contributed by atoms with van der Waals surface area (Å²) < 4.78 is 8.42. The molecular weight excluding hydrogens is 392 g/mol. The van der Waals surface area contributed by atoms with Gasteiger partial charge in [0, 0.05) is 31.5 Å². The van der Waals surface area contributed by atoms with Crippen LogP contribution in [0, 0.1) is 6.92 Å². The molecule has 0 fully saturated rings. The van der Waals surface area contributed by atoms with Crippen LogP contribution in [0.3, 0.4) is 0 Å². The number of carbonyl (C=O) groups is 1. The van der Waals surface area contributed by atoms with Crippen molar-refractivity contribution in [3.8, 4) is 16.9 Å². The highest BCUT2D eigenvalue weighted by molar-refractivity contribution is 5.94. The molecule has 158 valence electrons. The molecule has 0 aliphatic carbocycles. The number of amides is 1. The molecule has 0 spiro atoms. The zero-order valence-corrected chi connectivity index (χ0v) is 18.0. The Morgan fingerprint density at radius 2 is 1.94 bits per heavy atom. The number of fused-ring (bicyclic) bond motifs is 1. The molecule has 0 aliphatic heterocycles. The molecule has 7 nitrogen and oxygen atoms in total. The van der Waals surface area contributed by atoms with E-state index < -0.39 is 0 Å². The van der Waals surface area contributed by atoms with Crippen LogP contribution in [0.15, 0.2) is 65.8 Å². The molecule has 0 atom stereocenters. The van der Waals surface area contributed by atoms with Gasteiger partial charge >= 0.3 is 0 Å². The Morgan fingerprint density at radius 1 is 1.16 bits per heavy atom. The minimum absolute atomic E-state index is 0.0914. The summed E-state index contributed by atoms with van der Waals surface area (Å²) in [6, 6.07) is 15.3. The van der Waals surface area contributed by atoms with Gasteiger partial charge in [-0.05, 0) is 42.3 Å². The van der Waals surface area contributed by atoms with E-state index in [2.05, 4.69) is 4.98 Å². The van der Waals surface area contributed by atoms with Crippen molar-refractivity contribution >= 4 is 22.6 Å². The van der Waals surface area contributed by atoms with Gasteiger partial charge in [-0.15, -0.1) is 0 Å². The van der Waals surface area contributed by atoms with Crippen molar-refractivity contribution in [2.24, 2.45) is 7.05 Å². The van der Waals surface area contributed by atoms with Crippen molar-refractivity contribution < 1.29 is 9.53 Å². The second-order valence-electron chi connectivity index (χ2n) is 7.55. The Hall–Kier alpha value is -3.87. The van der Waals surface area contributed by atoms with E-state index in [1.54, 1.807) is 30.7 Å². The van der Waals surface area contributed by atoms with Crippen molar-refractivity contribution in [2.45, 2.75) is 13.5 Å². The summed E-state index contributed by atoms with van der Waals surface area (Å²) in [6.45, 7) is 1.88. The van der Waals surface area contributed by atoms with Gasteiger partial charge in [-0.25, -0.2) is 4.98 Å². The average Bonchev–Trinajstić information content (AvgIpc) is 3.12.